The molecule has 0 fully saturated rings. The summed E-state index contributed by atoms with van der Waals surface area (Å²) in [5.41, 5.74) is 3.18. The van der Waals surface area contributed by atoms with Crippen LogP contribution >= 0.6 is 0 Å². The molecule has 0 aliphatic rings. The first kappa shape index (κ1) is 12.7. The molecule has 100 valence electrons. The molecule has 0 radical (unpaired) electrons. The topological polar surface area (TPSA) is 30.2 Å². The molecule has 2 heteroatoms. The van der Waals surface area contributed by atoms with E-state index in [2.05, 4.69) is 31.2 Å². The molecule has 3 aromatic rings. The van der Waals surface area contributed by atoms with Crippen LogP contribution in [0.15, 0.2) is 59.0 Å². The fourth-order valence-electron chi connectivity index (χ4n) is 2.26. The average Bonchev–Trinajstić information content (AvgIpc) is 2.90. The van der Waals surface area contributed by atoms with Crippen molar-refractivity contribution < 1.29 is 9.21 Å². The van der Waals surface area contributed by atoms with Crippen molar-refractivity contribution in [1.29, 1.82) is 0 Å². The van der Waals surface area contributed by atoms with Gasteiger partial charge >= 0.3 is 0 Å². The van der Waals surface area contributed by atoms with E-state index < -0.39 is 0 Å². The summed E-state index contributed by atoms with van der Waals surface area (Å²) in [5.74, 6) is 0.514. The van der Waals surface area contributed by atoms with Crippen molar-refractivity contribution in [3.63, 3.8) is 0 Å². The predicted octanol–water partition coefficient (Wildman–Crippen LogP) is 4.56. The molecule has 0 bridgehead atoms. The van der Waals surface area contributed by atoms with Crippen molar-refractivity contribution in [2.45, 2.75) is 19.8 Å². The van der Waals surface area contributed by atoms with E-state index in [0.29, 0.717) is 12.2 Å². The van der Waals surface area contributed by atoms with Crippen molar-refractivity contribution in [2.75, 3.05) is 0 Å². The van der Waals surface area contributed by atoms with E-state index in [1.807, 2.05) is 30.3 Å². The molecule has 1 heterocycles. The van der Waals surface area contributed by atoms with Gasteiger partial charge in [-0.3, -0.25) is 4.79 Å². The van der Waals surface area contributed by atoms with E-state index in [0.717, 1.165) is 17.4 Å². The Morgan fingerprint density at radius 2 is 1.80 bits per heavy atom. The number of benzene rings is 2. The molecule has 1 aromatic heterocycles. The Bertz CT molecular complexity index is 702. The minimum absolute atomic E-state index is 0.0572. The number of hydrogen-bond donors (Lipinski definition) is 0. The van der Waals surface area contributed by atoms with Gasteiger partial charge in [0.15, 0.2) is 11.5 Å². The molecule has 0 saturated carbocycles. The van der Waals surface area contributed by atoms with Gasteiger partial charge in [-0.15, -0.1) is 0 Å². The summed E-state index contributed by atoms with van der Waals surface area (Å²) in [7, 11) is 0. The fourth-order valence-corrected chi connectivity index (χ4v) is 2.26. The first-order chi connectivity index (χ1) is 9.72. The lowest BCUT2D eigenvalue weighted by molar-refractivity contribution is 0.0958. The van der Waals surface area contributed by atoms with Crippen LogP contribution in [0.4, 0.5) is 0 Å². The zero-order valence-electron chi connectivity index (χ0n) is 11.4. The molecule has 0 unspecified atom stereocenters. The predicted molar refractivity (Wildman–Crippen MR) is 80.0 cm³/mol. The number of carbonyl (C=O) groups is 1. The van der Waals surface area contributed by atoms with Gasteiger partial charge in [0.2, 0.25) is 0 Å². The van der Waals surface area contributed by atoms with Crippen LogP contribution < -0.4 is 0 Å². The monoisotopic (exact) mass is 264 g/mol. The minimum atomic E-state index is 0.0572. The second-order valence-corrected chi connectivity index (χ2v) is 5.06. The lowest BCUT2D eigenvalue weighted by atomic mass is 10.1. The zero-order valence-corrected chi connectivity index (χ0v) is 11.4. The van der Waals surface area contributed by atoms with Gasteiger partial charge in [0, 0.05) is 11.8 Å². The Kier molecular flexibility index (Phi) is 3.38. The average molecular weight is 264 g/mol. The number of carbonyl (C=O) groups excluding carboxylic acids is 1. The third-order valence-electron chi connectivity index (χ3n) is 3.46. The van der Waals surface area contributed by atoms with E-state index in [9.17, 15) is 4.79 Å². The number of aryl methyl sites for hydroxylation is 2. The summed E-state index contributed by atoms with van der Waals surface area (Å²) in [6, 6.07) is 17.8. The zero-order chi connectivity index (χ0) is 13.9. The van der Waals surface area contributed by atoms with Gasteiger partial charge in [-0.25, -0.2) is 0 Å². The van der Waals surface area contributed by atoms with Crippen LogP contribution in [0.3, 0.4) is 0 Å². The number of ketones is 1. The van der Waals surface area contributed by atoms with Gasteiger partial charge < -0.3 is 4.42 Å². The van der Waals surface area contributed by atoms with Crippen molar-refractivity contribution in [1.82, 2.24) is 0 Å². The highest BCUT2D eigenvalue weighted by molar-refractivity contribution is 5.97. The summed E-state index contributed by atoms with van der Waals surface area (Å²) in [5, 5.41) is 0.978. The Labute approximate surface area is 118 Å². The van der Waals surface area contributed by atoms with Crippen LogP contribution in [-0.2, 0) is 6.42 Å². The number of para-hydroxylation sites is 1. The molecule has 20 heavy (non-hydrogen) atoms. The standard InChI is InChI=1S/C18H16O2/c1-13-6-8-14(9-7-13)10-11-16(19)18-12-15-4-2-3-5-17(15)20-18/h2-9,12H,10-11H2,1H3. The van der Waals surface area contributed by atoms with Gasteiger partial charge in [0.1, 0.15) is 5.58 Å². The molecule has 0 amide bonds. The van der Waals surface area contributed by atoms with E-state index in [1.54, 1.807) is 0 Å². The molecular formula is C18H16O2. The lowest BCUT2D eigenvalue weighted by Gasteiger charge is -2.00. The molecule has 0 N–H and O–H groups in total. The van der Waals surface area contributed by atoms with Crippen molar-refractivity contribution in [3.05, 3.63) is 71.5 Å². The van der Waals surface area contributed by atoms with E-state index in [1.165, 1.54) is 11.1 Å². The van der Waals surface area contributed by atoms with Gasteiger partial charge in [-0.05, 0) is 31.0 Å². The maximum absolute atomic E-state index is 12.2. The summed E-state index contributed by atoms with van der Waals surface area (Å²) in [6.45, 7) is 2.06. The maximum Gasteiger partial charge on any atom is 0.198 e. The Morgan fingerprint density at radius 1 is 1.05 bits per heavy atom. The molecule has 2 nitrogen and oxygen atoms in total. The Balaban J connectivity index is 1.71. The third kappa shape index (κ3) is 2.64. The van der Waals surface area contributed by atoms with Crippen LogP contribution in [-0.4, -0.2) is 5.78 Å². The molecule has 0 aliphatic heterocycles. The summed E-state index contributed by atoms with van der Waals surface area (Å²) in [6.07, 6.45) is 1.22. The normalized spacial score (nSPS) is 10.8. The number of rotatable bonds is 4. The van der Waals surface area contributed by atoms with E-state index in [4.69, 9.17) is 4.42 Å². The molecule has 2 aromatic carbocycles. The molecule has 0 saturated heterocycles. The number of furan rings is 1. The third-order valence-corrected chi connectivity index (χ3v) is 3.46. The molecule has 0 spiro atoms. The largest absolute Gasteiger partial charge is 0.453 e. The van der Waals surface area contributed by atoms with Crippen molar-refractivity contribution >= 4 is 16.8 Å². The Morgan fingerprint density at radius 3 is 2.55 bits per heavy atom. The smallest absolute Gasteiger partial charge is 0.198 e. The van der Waals surface area contributed by atoms with Crippen LogP contribution in [0.2, 0.25) is 0 Å². The van der Waals surface area contributed by atoms with Crippen LogP contribution in [0.1, 0.15) is 28.1 Å². The number of fused-ring (bicyclic) bond motifs is 1. The van der Waals surface area contributed by atoms with Crippen LogP contribution in [0.5, 0.6) is 0 Å². The van der Waals surface area contributed by atoms with Crippen molar-refractivity contribution in [2.24, 2.45) is 0 Å². The van der Waals surface area contributed by atoms with Gasteiger partial charge in [-0.1, -0.05) is 48.0 Å². The maximum atomic E-state index is 12.2. The van der Waals surface area contributed by atoms with Crippen LogP contribution in [0, 0.1) is 6.92 Å². The van der Waals surface area contributed by atoms with Gasteiger partial charge in [-0.2, -0.15) is 0 Å². The second kappa shape index (κ2) is 5.33. The summed E-state index contributed by atoms with van der Waals surface area (Å²) < 4.78 is 5.59. The van der Waals surface area contributed by atoms with Gasteiger partial charge in [0.05, 0.1) is 0 Å². The van der Waals surface area contributed by atoms with E-state index in [-0.39, 0.29) is 5.78 Å². The Hall–Kier alpha value is -2.35. The van der Waals surface area contributed by atoms with Crippen molar-refractivity contribution in [3.8, 4) is 0 Å². The highest BCUT2D eigenvalue weighted by Crippen LogP contribution is 2.20. The summed E-state index contributed by atoms with van der Waals surface area (Å²) >= 11 is 0. The lowest BCUT2D eigenvalue weighted by Crippen LogP contribution is -1.99. The SMILES string of the molecule is Cc1ccc(CCC(=O)c2cc3ccccc3o2)cc1. The first-order valence-corrected chi connectivity index (χ1v) is 6.80. The number of Topliss-reactive ketones (excluding diaryl/α,β-unsaturated/α-hetero) is 1. The van der Waals surface area contributed by atoms with Gasteiger partial charge in [0.25, 0.3) is 0 Å². The molecule has 3 rings (SSSR count). The highest BCUT2D eigenvalue weighted by Gasteiger charge is 2.11. The molecular weight excluding hydrogens is 248 g/mol. The molecule has 0 atom stereocenters. The first-order valence-electron chi connectivity index (χ1n) is 6.80. The van der Waals surface area contributed by atoms with Crippen LogP contribution in [0.25, 0.3) is 11.0 Å². The summed E-state index contributed by atoms with van der Waals surface area (Å²) in [4.78, 5) is 12.2. The number of hydrogen-bond acceptors (Lipinski definition) is 2. The quantitative estimate of drug-likeness (QED) is 0.647. The van der Waals surface area contributed by atoms with E-state index >= 15 is 0 Å². The molecule has 0 aliphatic carbocycles. The highest BCUT2D eigenvalue weighted by atomic mass is 16.3. The fraction of sp³-hybridized carbons (Fsp3) is 0.167. The second-order valence-electron chi connectivity index (χ2n) is 5.06. The minimum Gasteiger partial charge on any atom is -0.453 e.